The number of carboxylic acid groups (broad SMARTS) is 1. The standard InChI is InChI=1S/C13H13N3O5S/c17-12(18)11-13(5-2-6-13)7-16(11)22(19,20)9-4-1-3-8-10(9)15-21-14-8/h1,3-4,11H,2,5-7H2,(H,17,18). The highest BCUT2D eigenvalue weighted by atomic mass is 32.2. The maximum Gasteiger partial charge on any atom is 0.322 e. The highest BCUT2D eigenvalue weighted by molar-refractivity contribution is 7.89. The third-order valence-electron chi connectivity index (χ3n) is 4.76. The van der Waals surface area contributed by atoms with E-state index in [0.717, 1.165) is 23.6 Å². The van der Waals surface area contributed by atoms with Crippen LogP contribution in [-0.2, 0) is 14.8 Å². The molecule has 2 fully saturated rings. The third kappa shape index (κ3) is 1.60. The van der Waals surface area contributed by atoms with Crippen molar-refractivity contribution < 1.29 is 22.9 Å². The molecule has 2 aromatic rings. The van der Waals surface area contributed by atoms with Gasteiger partial charge in [-0.1, -0.05) is 12.5 Å². The summed E-state index contributed by atoms with van der Waals surface area (Å²) >= 11 is 0. The minimum absolute atomic E-state index is 0.0633. The van der Waals surface area contributed by atoms with Gasteiger partial charge in [0.25, 0.3) is 0 Å². The van der Waals surface area contributed by atoms with Crippen LogP contribution < -0.4 is 0 Å². The van der Waals surface area contributed by atoms with Crippen molar-refractivity contribution in [1.82, 2.24) is 14.6 Å². The lowest BCUT2D eigenvalue weighted by Crippen LogP contribution is -2.71. The topological polar surface area (TPSA) is 114 Å². The highest BCUT2D eigenvalue weighted by Gasteiger charge is 2.63. The molecule has 1 aromatic carbocycles. The number of carbonyl (C=O) groups is 1. The Labute approximate surface area is 125 Å². The molecule has 1 aliphatic heterocycles. The molecule has 1 aliphatic carbocycles. The molecule has 0 radical (unpaired) electrons. The van der Waals surface area contributed by atoms with Crippen LogP contribution in [0.1, 0.15) is 19.3 Å². The van der Waals surface area contributed by atoms with Crippen LogP contribution in [0.15, 0.2) is 27.7 Å². The lowest BCUT2D eigenvalue weighted by Gasteiger charge is -2.59. The van der Waals surface area contributed by atoms with Gasteiger partial charge in [0.15, 0.2) is 5.52 Å². The second-order valence-corrected chi connectivity index (χ2v) is 7.75. The number of fused-ring (bicyclic) bond motifs is 1. The molecule has 1 N–H and O–H groups in total. The van der Waals surface area contributed by atoms with E-state index in [4.69, 9.17) is 0 Å². The maximum atomic E-state index is 12.8. The molecule has 1 saturated heterocycles. The van der Waals surface area contributed by atoms with Gasteiger partial charge < -0.3 is 5.11 Å². The number of benzene rings is 1. The van der Waals surface area contributed by atoms with E-state index in [2.05, 4.69) is 14.9 Å². The summed E-state index contributed by atoms with van der Waals surface area (Å²) in [6.07, 6.45) is 2.46. The average Bonchev–Trinajstić information content (AvgIpc) is 2.82. The molecular weight excluding hydrogens is 310 g/mol. The van der Waals surface area contributed by atoms with E-state index in [-0.39, 0.29) is 17.0 Å². The van der Waals surface area contributed by atoms with Gasteiger partial charge in [0, 0.05) is 12.0 Å². The molecule has 9 heteroatoms. The molecule has 2 heterocycles. The first kappa shape index (κ1) is 13.6. The van der Waals surface area contributed by atoms with Crippen molar-refractivity contribution in [3.63, 3.8) is 0 Å². The summed E-state index contributed by atoms with van der Waals surface area (Å²) in [7, 11) is -3.95. The first-order valence-electron chi connectivity index (χ1n) is 6.92. The highest BCUT2D eigenvalue weighted by Crippen LogP contribution is 2.54. The predicted octanol–water partition coefficient (Wildman–Crippen LogP) is 0.851. The zero-order valence-corrected chi connectivity index (χ0v) is 12.3. The summed E-state index contributed by atoms with van der Waals surface area (Å²) in [5, 5.41) is 16.7. The molecule has 0 bridgehead atoms. The zero-order valence-electron chi connectivity index (χ0n) is 11.5. The van der Waals surface area contributed by atoms with Gasteiger partial charge in [0.1, 0.15) is 16.5 Å². The van der Waals surface area contributed by atoms with Crippen molar-refractivity contribution in [3.05, 3.63) is 18.2 Å². The first-order chi connectivity index (χ1) is 10.5. The molecule has 22 heavy (non-hydrogen) atoms. The number of aromatic nitrogens is 2. The Morgan fingerprint density at radius 1 is 1.36 bits per heavy atom. The normalized spacial score (nSPS) is 24.1. The van der Waals surface area contributed by atoms with Gasteiger partial charge in [-0.05, 0) is 35.3 Å². The van der Waals surface area contributed by atoms with Crippen LogP contribution in [-0.4, -0.2) is 46.7 Å². The summed E-state index contributed by atoms with van der Waals surface area (Å²) in [6, 6.07) is 3.52. The zero-order chi connectivity index (χ0) is 15.5. The SMILES string of the molecule is O=C(O)C1N(S(=O)(=O)c2cccc3nonc23)CC12CCC2. The second-order valence-electron chi connectivity index (χ2n) is 5.90. The van der Waals surface area contributed by atoms with Gasteiger partial charge in [0.05, 0.1) is 0 Å². The molecule has 1 spiro atoms. The summed E-state index contributed by atoms with van der Waals surface area (Å²) < 4.78 is 31.3. The van der Waals surface area contributed by atoms with Gasteiger partial charge in [-0.15, -0.1) is 0 Å². The average molecular weight is 323 g/mol. The van der Waals surface area contributed by atoms with Gasteiger partial charge >= 0.3 is 5.97 Å². The van der Waals surface area contributed by atoms with E-state index in [1.807, 2.05) is 0 Å². The van der Waals surface area contributed by atoms with Gasteiger partial charge in [-0.3, -0.25) is 4.79 Å². The summed E-state index contributed by atoms with van der Waals surface area (Å²) in [4.78, 5) is 11.5. The van der Waals surface area contributed by atoms with Crippen LogP contribution in [0.25, 0.3) is 11.0 Å². The van der Waals surface area contributed by atoms with Gasteiger partial charge in [-0.25, -0.2) is 13.0 Å². The number of aliphatic carboxylic acids is 1. The Morgan fingerprint density at radius 2 is 2.14 bits per heavy atom. The molecule has 116 valence electrons. The number of carboxylic acids is 1. The molecule has 8 nitrogen and oxygen atoms in total. The van der Waals surface area contributed by atoms with Crippen molar-refractivity contribution in [2.75, 3.05) is 6.54 Å². The quantitative estimate of drug-likeness (QED) is 0.890. The van der Waals surface area contributed by atoms with Gasteiger partial charge in [-0.2, -0.15) is 4.31 Å². The van der Waals surface area contributed by atoms with Crippen molar-refractivity contribution in [2.45, 2.75) is 30.2 Å². The molecule has 1 atom stereocenters. The van der Waals surface area contributed by atoms with E-state index in [0.29, 0.717) is 5.52 Å². The summed E-state index contributed by atoms with van der Waals surface area (Å²) in [5.74, 6) is -1.10. The number of nitrogens with zero attached hydrogens (tertiary/aromatic N) is 3. The molecular formula is C13H13N3O5S. The van der Waals surface area contributed by atoms with E-state index >= 15 is 0 Å². The lowest BCUT2D eigenvalue weighted by atomic mass is 9.59. The number of sulfonamides is 1. The van der Waals surface area contributed by atoms with E-state index in [9.17, 15) is 18.3 Å². The fourth-order valence-electron chi connectivity index (χ4n) is 3.47. The fraction of sp³-hybridized carbons (Fsp3) is 0.462. The molecule has 2 aliphatic rings. The Hall–Kier alpha value is -2.00. The Bertz CT molecular complexity index is 871. The van der Waals surface area contributed by atoms with Crippen molar-refractivity contribution in [3.8, 4) is 0 Å². The molecule has 4 rings (SSSR count). The monoisotopic (exact) mass is 323 g/mol. The second kappa shape index (κ2) is 4.26. The Kier molecular flexibility index (Phi) is 2.64. The van der Waals surface area contributed by atoms with Crippen LogP contribution in [0.3, 0.4) is 0 Å². The number of hydrogen-bond acceptors (Lipinski definition) is 6. The molecule has 1 unspecified atom stereocenters. The Morgan fingerprint density at radius 3 is 2.77 bits per heavy atom. The maximum absolute atomic E-state index is 12.8. The summed E-state index contributed by atoms with van der Waals surface area (Å²) in [5.41, 5.74) is 0.0579. The number of hydrogen-bond donors (Lipinski definition) is 1. The minimum Gasteiger partial charge on any atom is -0.480 e. The minimum atomic E-state index is -3.95. The van der Waals surface area contributed by atoms with E-state index < -0.39 is 27.4 Å². The van der Waals surface area contributed by atoms with Crippen LogP contribution in [0.4, 0.5) is 0 Å². The Balaban J connectivity index is 1.78. The fourth-order valence-corrected chi connectivity index (χ4v) is 5.38. The van der Waals surface area contributed by atoms with Crippen LogP contribution in [0, 0.1) is 5.41 Å². The van der Waals surface area contributed by atoms with Crippen LogP contribution in [0.5, 0.6) is 0 Å². The largest absolute Gasteiger partial charge is 0.480 e. The van der Waals surface area contributed by atoms with Gasteiger partial charge in [0.2, 0.25) is 10.0 Å². The van der Waals surface area contributed by atoms with Crippen molar-refractivity contribution in [1.29, 1.82) is 0 Å². The van der Waals surface area contributed by atoms with Crippen LogP contribution >= 0.6 is 0 Å². The smallest absolute Gasteiger partial charge is 0.322 e. The summed E-state index contributed by atoms with van der Waals surface area (Å²) in [6.45, 7) is 0.244. The molecule has 1 aromatic heterocycles. The van der Waals surface area contributed by atoms with Crippen molar-refractivity contribution >= 4 is 27.0 Å². The predicted molar refractivity (Wildman–Crippen MR) is 73.4 cm³/mol. The van der Waals surface area contributed by atoms with E-state index in [1.54, 1.807) is 6.07 Å². The lowest BCUT2D eigenvalue weighted by molar-refractivity contribution is -0.164. The van der Waals surface area contributed by atoms with E-state index in [1.165, 1.54) is 12.1 Å². The third-order valence-corrected chi connectivity index (χ3v) is 6.60. The van der Waals surface area contributed by atoms with Crippen LogP contribution in [0.2, 0.25) is 0 Å². The molecule has 1 saturated carbocycles. The molecule has 0 amide bonds. The van der Waals surface area contributed by atoms with Crippen molar-refractivity contribution in [2.24, 2.45) is 5.41 Å². The number of rotatable bonds is 3. The first-order valence-corrected chi connectivity index (χ1v) is 8.36.